The highest BCUT2D eigenvalue weighted by Crippen LogP contribution is 2.35. The van der Waals surface area contributed by atoms with Crippen LogP contribution in [0, 0.1) is 25.7 Å². The number of hydrogen-bond acceptors (Lipinski definition) is 4. The lowest BCUT2D eigenvalue weighted by Crippen LogP contribution is -2.38. The zero-order valence-corrected chi connectivity index (χ0v) is 17.9. The van der Waals surface area contributed by atoms with Crippen molar-refractivity contribution in [2.45, 2.75) is 36.5 Å². The zero-order valence-electron chi connectivity index (χ0n) is 17.1. The molecule has 0 spiro atoms. The first-order valence-electron chi connectivity index (χ1n) is 10.1. The molecule has 154 valence electrons. The fourth-order valence-corrected chi connectivity index (χ4v) is 4.80. The largest absolute Gasteiger partial charge is 0.325 e. The molecule has 3 amide bonds. The second-order valence-corrected chi connectivity index (χ2v) is 8.99. The van der Waals surface area contributed by atoms with Crippen molar-refractivity contribution in [3.05, 3.63) is 65.7 Å². The van der Waals surface area contributed by atoms with Gasteiger partial charge in [0.1, 0.15) is 6.54 Å². The molecule has 2 atom stereocenters. The molecule has 2 aromatic rings. The van der Waals surface area contributed by atoms with Crippen molar-refractivity contribution in [2.24, 2.45) is 11.8 Å². The van der Waals surface area contributed by atoms with Crippen LogP contribution in [-0.2, 0) is 14.4 Å². The van der Waals surface area contributed by atoms with Gasteiger partial charge in [0.15, 0.2) is 0 Å². The first kappa shape index (κ1) is 20.4. The predicted octanol–water partition coefficient (Wildman–Crippen LogP) is 4.34. The fourth-order valence-electron chi connectivity index (χ4n) is 3.89. The van der Waals surface area contributed by atoms with Gasteiger partial charge in [-0.3, -0.25) is 19.3 Å². The molecule has 5 nitrogen and oxygen atoms in total. The van der Waals surface area contributed by atoms with Gasteiger partial charge in [0, 0.05) is 15.5 Å². The van der Waals surface area contributed by atoms with Crippen LogP contribution >= 0.6 is 11.8 Å². The van der Waals surface area contributed by atoms with Crippen LogP contribution in [0.3, 0.4) is 0 Å². The summed E-state index contributed by atoms with van der Waals surface area (Å²) in [6.45, 7) is 3.96. The third kappa shape index (κ3) is 4.19. The van der Waals surface area contributed by atoms with Crippen LogP contribution in [0.2, 0.25) is 0 Å². The van der Waals surface area contributed by atoms with Crippen molar-refractivity contribution in [1.82, 2.24) is 4.90 Å². The highest BCUT2D eigenvalue weighted by Gasteiger charge is 2.47. The lowest BCUT2D eigenvalue weighted by Gasteiger charge is -2.14. The van der Waals surface area contributed by atoms with Crippen molar-refractivity contribution in [3.63, 3.8) is 0 Å². The minimum atomic E-state index is -0.363. The molecule has 1 aliphatic heterocycles. The van der Waals surface area contributed by atoms with Crippen molar-refractivity contribution in [3.8, 4) is 0 Å². The zero-order chi connectivity index (χ0) is 21.3. The summed E-state index contributed by atoms with van der Waals surface area (Å²) in [6.07, 6.45) is 5.03. The molecule has 1 aliphatic carbocycles. The van der Waals surface area contributed by atoms with E-state index in [-0.39, 0.29) is 36.1 Å². The highest BCUT2D eigenvalue weighted by molar-refractivity contribution is 7.99. The number of carbonyl (C=O) groups excluding carboxylic acids is 3. The number of nitrogens with one attached hydrogen (secondary N) is 1. The van der Waals surface area contributed by atoms with E-state index in [1.165, 1.54) is 11.1 Å². The number of imide groups is 1. The molecule has 0 radical (unpaired) electrons. The van der Waals surface area contributed by atoms with Crippen LogP contribution in [0.25, 0.3) is 0 Å². The SMILES string of the molecule is Cc1ccc(Sc2ccc(NC(=O)CN3C(=O)[C@@H]4CC=CC[C@H]4C3=O)cc2)cc1C. The lowest BCUT2D eigenvalue weighted by molar-refractivity contribution is -0.142. The number of hydrogen-bond donors (Lipinski definition) is 1. The van der Waals surface area contributed by atoms with Crippen molar-refractivity contribution >= 4 is 35.2 Å². The number of carbonyl (C=O) groups is 3. The smallest absolute Gasteiger partial charge is 0.244 e. The Morgan fingerprint density at radius 3 is 2.13 bits per heavy atom. The summed E-state index contributed by atoms with van der Waals surface area (Å²) >= 11 is 1.66. The maximum absolute atomic E-state index is 12.5. The molecule has 6 heteroatoms. The average molecular weight is 421 g/mol. The van der Waals surface area contributed by atoms with Crippen molar-refractivity contribution < 1.29 is 14.4 Å². The molecule has 30 heavy (non-hydrogen) atoms. The molecule has 1 saturated heterocycles. The number of likely N-dealkylation sites (tertiary alicyclic amines) is 1. The van der Waals surface area contributed by atoms with E-state index in [2.05, 4.69) is 37.4 Å². The molecule has 1 fully saturated rings. The number of allylic oxidation sites excluding steroid dienone is 2. The number of benzene rings is 2. The molecule has 0 saturated carbocycles. The minimum Gasteiger partial charge on any atom is -0.325 e. The third-order valence-electron chi connectivity index (χ3n) is 5.75. The van der Waals surface area contributed by atoms with E-state index >= 15 is 0 Å². The summed E-state index contributed by atoms with van der Waals surface area (Å²) in [5.41, 5.74) is 3.16. The highest BCUT2D eigenvalue weighted by atomic mass is 32.2. The summed E-state index contributed by atoms with van der Waals surface area (Å²) in [7, 11) is 0. The van der Waals surface area contributed by atoms with E-state index in [1.807, 2.05) is 36.4 Å². The Labute approximate surface area is 180 Å². The van der Waals surface area contributed by atoms with Crippen molar-refractivity contribution in [2.75, 3.05) is 11.9 Å². The van der Waals surface area contributed by atoms with Gasteiger partial charge in [-0.05, 0) is 74.2 Å². The summed E-state index contributed by atoms with van der Waals surface area (Å²) in [5, 5.41) is 2.79. The Bertz CT molecular complexity index is 1000. The number of nitrogens with zero attached hydrogens (tertiary/aromatic N) is 1. The van der Waals surface area contributed by atoms with Gasteiger partial charge >= 0.3 is 0 Å². The van der Waals surface area contributed by atoms with Gasteiger partial charge in [-0.25, -0.2) is 0 Å². The second-order valence-electron chi connectivity index (χ2n) is 7.84. The van der Waals surface area contributed by atoms with Crippen LogP contribution in [0.4, 0.5) is 5.69 Å². The Morgan fingerprint density at radius 2 is 1.53 bits per heavy atom. The normalized spacial score (nSPS) is 20.4. The summed E-state index contributed by atoms with van der Waals surface area (Å²) in [6, 6.07) is 13.9. The van der Waals surface area contributed by atoms with Crippen LogP contribution in [-0.4, -0.2) is 29.2 Å². The maximum Gasteiger partial charge on any atom is 0.244 e. The van der Waals surface area contributed by atoms with Gasteiger partial charge in [0.25, 0.3) is 0 Å². The monoisotopic (exact) mass is 420 g/mol. The molecule has 2 aliphatic rings. The summed E-state index contributed by atoms with van der Waals surface area (Å²) in [4.78, 5) is 40.8. The topological polar surface area (TPSA) is 66.5 Å². The Balaban J connectivity index is 1.35. The minimum absolute atomic E-state index is 0.232. The van der Waals surface area contributed by atoms with Crippen molar-refractivity contribution in [1.29, 1.82) is 0 Å². The average Bonchev–Trinajstić information content (AvgIpc) is 2.97. The standard InChI is InChI=1S/C24H24N2O3S/c1-15-7-10-19(13-16(15)2)30-18-11-8-17(9-12-18)25-22(27)14-26-23(28)20-5-3-4-6-21(20)24(26)29/h3-4,7-13,20-21H,5-6,14H2,1-2H3,(H,25,27)/t20-,21-/m1/s1. The first-order valence-corrected chi connectivity index (χ1v) is 10.9. The molecular formula is C24H24N2O3S. The van der Waals surface area contributed by atoms with Crippen LogP contribution < -0.4 is 5.32 Å². The van der Waals surface area contributed by atoms with E-state index in [0.717, 1.165) is 14.7 Å². The van der Waals surface area contributed by atoms with Gasteiger partial charge in [-0.1, -0.05) is 30.0 Å². The maximum atomic E-state index is 12.5. The van der Waals surface area contributed by atoms with Gasteiger partial charge < -0.3 is 5.32 Å². The van der Waals surface area contributed by atoms with Gasteiger partial charge in [-0.2, -0.15) is 0 Å². The molecule has 0 bridgehead atoms. The van der Waals surface area contributed by atoms with E-state index in [4.69, 9.17) is 0 Å². The molecule has 1 N–H and O–H groups in total. The van der Waals surface area contributed by atoms with E-state index in [9.17, 15) is 14.4 Å². The predicted molar refractivity (Wildman–Crippen MR) is 117 cm³/mol. The third-order valence-corrected chi connectivity index (χ3v) is 6.75. The van der Waals surface area contributed by atoms with Gasteiger partial charge in [-0.15, -0.1) is 0 Å². The number of aryl methyl sites for hydroxylation is 2. The Hall–Kier alpha value is -2.86. The first-order chi connectivity index (χ1) is 14.4. The fraction of sp³-hybridized carbons (Fsp3) is 0.292. The number of rotatable bonds is 5. The van der Waals surface area contributed by atoms with Gasteiger partial charge in [0.2, 0.25) is 17.7 Å². The van der Waals surface area contributed by atoms with E-state index in [1.54, 1.807) is 11.8 Å². The van der Waals surface area contributed by atoms with E-state index < -0.39 is 0 Å². The molecule has 1 heterocycles. The van der Waals surface area contributed by atoms with Gasteiger partial charge in [0.05, 0.1) is 11.8 Å². The summed E-state index contributed by atoms with van der Waals surface area (Å²) < 4.78 is 0. The van der Waals surface area contributed by atoms with Crippen LogP contribution in [0.15, 0.2) is 64.4 Å². The molecule has 0 unspecified atom stereocenters. The second kappa shape index (κ2) is 8.48. The van der Waals surface area contributed by atoms with Crippen LogP contribution in [0.5, 0.6) is 0 Å². The number of anilines is 1. The number of amides is 3. The summed E-state index contributed by atoms with van der Waals surface area (Å²) in [5.74, 6) is -1.44. The molecular weight excluding hydrogens is 396 g/mol. The molecule has 0 aromatic heterocycles. The Morgan fingerprint density at radius 1 is 0.933 bits per heavy atom. The molecule has 4 rings (SSSR count). The van der Waals surface area contributed by atoms with E-state index in [0.29, 0.717) is 18.5 Å². The molecule has 2 aromatic carbocycles. The number of fused-ring (bicyclic) bond motifs is 1. The quantitative estimate of drug-likeness (QED) is 0.577. The Kier molecular flexibility index (Phi) is 5.77. The lowest BCUT2D eigenvalue weighted by atomic mass is 9.85. The van der Waals surface area contributed by atoms with Crippen LogP contribution in [0.1, 0.15) is 24.0 Å².